The molecule has 2 N–H and O–H groups in total. The van der Waals surface area contributed by atoms with Crippen LogP contribution in [-0.4, -0.2) is 23.1 Å². The van der Waals surface area contributed by atoms with Crippen LogP contribution in [0, 0.1) is 0 Å². The summed E-state index contributed by atoms with van der Waals surface area (Å²) >= 11 is 1.07. The molecule has 1 amide bonds. The van der Waals surface area contributed by atoms with Crippen molar-refractivity contribution in [3.05, 3.63) is 77.9 Å². The maximum Gasteiger partial charge on any atom is 0.261 e. The number of carbonyl (C=O) groups is 1. The Morgan fingerprint density at radius 2 is 1.77 bits per heavy atom. The lowest BCUT2D eigenvalue weighted by atomic mass is 10.2. The third kappa shape index (κ3) is 4.17. The Bertz CT molecular complexity index is 1320. The zero-order valence-corrected chi connectivity index (χ0v) is 17.6. The van der Waals surface area contributed by atoms with Crippen molar-refractivity contribution in [1.29, 1.82) is 0 Å². The fourth-order valence-corrected chi connectivity index (χ4v) is 4.54. The summed E-state index contributed by atoms with van der Waals surface area (Å²) in [5.74, 6) is -0.371. The second-order valence-electron chi connectivity index (χ2n) is 6.58. The minimum Gasteiger partial charge on any atom is -0.320 e. The van der Waals surface area contributed by atoms with Crippen LogP contribution < -0.4 is 10.0 Å². The van der Waals surface area contributed by atoms with Crippen molar-refractivity contribution in [3.8, 4) is 0 Å². The van der Waals surface area contributed by atoms with Gasteiger partial charge in [0, 0.05) is 11.3 Å². The molecule has 0 atom stereocenters. The minimum absolute atomic E-state index is 0.164. The highest BCUT2D eigenvalue weighted by Crippen LogP contribution is 2.23. The quantitative estimate of drug-likeness (QED) is 0.467. The number of hydrogen-bond acceptors (Lipinski definition) is 6. The molecule has 4 aromatic rings. The van der Waals surface area contributed by atoms with Crippen molar-refractivity contribution in [2.24, 2.45) is 0 Å². The van der Waals surface area contributed by atoms with E-state index in [4.69, 9.17) is 0 Å². The van der Waals surface area contributed by atoms with E-state index in [-0.39, 0.29) is 10.8 Å². The summed E-state index contributed by atoms with van der Waals surface area (Å²) in [7, 11) is -3.76. The van der Waals surface area contributed by atoms with E-state index in [1.807, 2.05) is 13.0 Å². The van der Waals surface area contributed by atoms with Crippen LogP contribution in [0.5, 0.6) is 0 Å². The molecule has 7 nitrogen and oxygen atoms in total. The molecule has 1 aromatic heterocycles. The topological polar surface area (TPSA) is 101 Å². The smallest absolute Gasteiger partial charge is 0.261 e. The number of anilines is 2. The molecule has 0 spiro atoms. The van der Waals surface area contributed by atoms with Gasteiger partial charge in [0.1, 0.15) is 11.0 Å². The third-order valence-electron chi connectivity index (χ3n) is 4.55. The maximum atomic E-state index is 12.7. The third-order valence-corrected chi connectivity index (χ3v) is 6.49. The summed E-state index contributed by atoms with van der Waals surface area (Å²) in [6.07, 6.45) is 0.829. The van der Waals surface area contributed by atoms with Crippen LogP contribution in [0.4, 0.5) is 11.4 Å². The second-order valence-corrected chi connectivity index (χ2v) is 8.79. The Hall–Kier alpha value is -3.30. The molecular formula is C21H18N4O3S2. The lowest BCUT2D eigenvalue weighted by Gasteiger charge is -2.10. The van der Waals surface area contributed by atoms with Crippen molar-refractivity contribution in [3.63, 3.8) is 0 Å². The number of sulfonamides is 1. The predicted molar refractivity (Wildman–Crippen MR) is 118 cm³/mol. The van der Waals surface area contributed by atoms with Gasteiger partial charge in [-0.1, -0.05) is 31.2 Å². The van der Waals surface area contributed by atoms with E-state index in [1.165, 1.54) is 6.07 Å². The van der Waals surface area contributed by atoms with Gasteiger partial charge in [-0.15, -0.1) is 0 Å². The molecule has 0 unspecified atom stereocenters. The van der Waals surface area contributed by atoms with Crippen molar-refractivity contribution in [2.45, 2.75) is 18.2 Å². The van der Waals surface area contributed by atoms with Gasteiger partial charge in [-0.2, -0.15) is 8.75 Å². The number of aryl methyl sites for hydroxylation is 1. The highest BCUT2D eigenvalue weighted by molar-refractivity contribution is 7.92. The Morgan fingerprint density at radius 1 is 1.00 bits per heavy atom. The Labute approximate surface area is 178 Å². The average molecular weight is 439 g/mol. The summed E-state index contributed by atoms with van der Waals surface area (Å²) in [6.45, 7) is 2.00. The number of carbonyl (C=O) groups excluding carboxylic acids is 1. The van der Waals surface area contributed by atoms with Gasteiger partial charge in [-0.25, -0.2) is 8.42 Å². The number of fused-ring (bicyclic) bond motifs is 1. The largest absolute Gasteiger partial charge is 0.320 e. The van der Waals surface area contributed by atoms with Crippen LogP contribution in [0.25, 0.3) is 11.0 Å². The number of hydrogen-bond donors (Lipinski definition) is 2. The van der Waals surface area contributed by atoms with Crippen molar-refractivity contribution >= 4 is 50.1 Å². The fourth-order valence-electron chi connectivity index (χ4n) is 2.94. The lowest BCUT2D eigenvalue weighted by molar-refractivity contribution is 0.102. The molecule has 1 heterocycles. The second kappa shape index (κ2) is 8.21. The van der Waals surface area contributed by atoms with Gasteiger partial charge in [-0.05, 0) is 54.4 Å². The van der Waals surface area contributed by atoms with Gasteiger partial charge in [0.25, 0.3) is 15.9 Å². The molecule has 30 heavy (non-hydrogen) atoms. The van der Waals surface area contributed by atoms with Crippen LogP contribution in [0.1, 0.15) is 22.8 Å². The molecule has 0 radical (unpaired) electrons. The molecule has 3 aromatic carbocycles. The highest BCUT2D eigenvalue weighted by Gasteiger charge is 2.16. The first-order valence-corrected chi connectivity index (χ1v) is 11.4. The van der Waals surface area contributed by atoms with Crippen molar-refractivity contribution < 1.29 is 13.2 Å². The van der Waals surface area contributed by atoms with Crippen LogP contribution in [0.15, 0.2) is 71.6 Å². The molecule has 0 aliphatic carbocycles. The molecule has 9 heteroatoms. The standard InChI is InChI=1S/C21H18N4O3S2/c1-2-14-9-11-17(12-10-14)30(27,28)25-16-6-3-5-15(13-16)21(26)22-18-7-4-8-19-20(18)24-29-23-19/h3-13,25H,2H2,1H3,(H,22,26). The summed E-state index contributed by atoms with van der Waals surface area (Å²) in [4.78, 5) is 12.9. The van der Waals surface area contributed by atoms with E-state index < -0.39 is 10.0 Å². The molecule has 0 aliphatic heterocycles. The number of aromatic nitrogens is 2. The Morgan fingerprint density at radius 3 is 2.53 bits per heavy atom. The van der Waals surface area contributed by atoms with E-state index in [2.05, 4.69) is 18.8 Å². The first-order valence-electron chi connectivity index (χ1n) is 9.21. The highest BCUT2D eigenvalue weighted by atomic mass is 32.2. The number of rotatable bonds is 6. The lowest BCUT2D eigenvalue weighted by Crippen LogP contribution is -2.15. The van der Waals surface area contributed by atoms with Gasteiger partial charge in [0.15, 0.2) is 0 Å². The van der Waals surface area contributed by atoms with Gasteiger partial charge >= 0.3 is 0 Å². The van der Waals surface area contributed by atoms with E-state index in [0.717, 1.165) is 23.7 Å². The fraction of sp³-hybridized carbons (Fsp3) is 0.0952. The summed E-state index contributed by atoms with van der Waals surface area (Å²) in [5.41, 5.74) is 3.54. The molecule has 152 valence electrons. The number of nitrogens with zero attached hydrogens (tertiary/aromatic N) is 2. The van der Waals surface area contributed by atoms with Crippen LogP contribution in [-0.2, 0) is 16.4 Å². The molecule has 0 saturated heterocycles. The Balaban J connectivity index is 1.54. The first-order chi connectivity index (χ1) is 14.5. The minimum atomic E-state index is -3.76. The van der Waals surface area contributed by atoms with E-state index in [9.17, 15) is 13.2 Å². The maximum absolute atomic E-state index is 12.7. The van der Waals surface area contributed by atoms with Crippen LogP contribution in [0.2, 0.25) is 0 Å². The van der Waals surface area contributed by atoms with E-state index in [0.29, 0.717) is 28.0 Å². The zero-order valence-electron chi connectivity index (χ0n) is 16.0. The van der Waals surface area contributed by atoms with Gasteiger partial charge < -0.3 is 5.32 Å². The summed E-state index contributed by atoms with van der Waals surface area (Å²) < 4.78 is 36.2. The molecular weight excluding hydrogens is 420 g/mol. The molecule has 0 aliphatic rings. The molecule has 0 bridgehead atoms. The number of nitrogens with one attached hydrogen (secondary N) is 2. The first kappa shape index (κ1) is 20.0. The molecule has 4 rings (SSSR count). The van der Waals surface area contributed by atoms with Crippen LogP contribution in [0.3, 0.4) is 0 Å². The SMILES string of the molecule is CCc1ccc(S(=O)(=O)Nc2cccc(C(=O)Nc3cccc4nsnc34)c2)cc1. The van der Waals surface area contributed by atoms with Crippen LogP contribution >= 0.6 is 11.7 Å². The van der Waals surface area contributed by atoms with Gasteiger partial charge in [-0.3, -0.25) is 9.52 Å². The van der Waals surface area contributed by atoms with Crippen molar-refractivity contribution in [2.75, 3.05) is 10.0 Å². The summed E-state index contributed by atoms with van der Waals surface area (Å²) in [6, 6.07) is 18.4. The van der Waals surface area contributed by atoms with Gasteiger partial charge in [0.05, 0.1) is 22.3 Å². The number of benzene rings is 3. The predicted octanol–water partition coefficient (Wildman–Crippen LogP) is 4.31. The van der Waals surface area contributed by atoms with Crippen molar-refractivity contribution in [1.82, 2.24) is 8.75 Å². The van der Waals surface area contributed by atoms with E-state index >= 15 is 0 Å². The average Bonchev–Trinajstić information content (AvgIpc) is 3.23. The summed E-state index contributed by atoms with van der Waals surface area (Å²) in [5, 5.41) is 2.81. The normalized spacial score (nSPS) is 11.4. The zero-order chi connectivity index (χ0) is 21.1. The molecule has 0 saturated carbocycles. The number of amides is 1. The molecule has 0 fully saturated rings. The van der Waals surface area contributed by atoms with E-state index in [1.54, 1.807) is 54.6 Å². The Kier molecular flexibility index (Phi) is 5.47. The monoisotopic (exact) mass is 438 g/mol. The van der Waals surface area contributed by atoms with Gasteiger partial charge in [0.2, 0.25) is 0 Å².